The quantitative estimate of drug-likeness (QED) is 0.843. The molecular formula is C12H11F2NOS. The van der Waals surface area contributed by atoms with Gasteiger partial charge in [0.05, 0.1) is 12.0 Å². The molecule has 0 amide bonds. The minimum absolute atomic E-state index is 0.0458. The van der Waals surface area contributed by atoms with Crippen LogP contribution in [0.25, 0.3) is 10.4 Å². The number of ether oxygens (including phenoxy) is 1. The van der Waals surface area contributed by atoms with E-state index in [0.717, 1.165) is 21.8 Å². The summed E-state index contributed by atoms with van der Waals surface area (Å²) in [4.78, 5) is 0.772. The fraction of sp³-hybridized carbons (Fsp3) is 0.167. The third-order valence-electron chi connectivity index (χ3n) is 2.33. The maximum absolute atomic E-state index is 12.5. The van der Waals surface area contributed by atoms with E-state index in [2.05, 4.69) is 0 Å². The maximum Gasteiger partial charge on any atom is 0.272 e. The summed E-state index contributed by atoms with van der Waals surface area (Å²) in [5.41, 5.74) is 7.00. The minimum Gasteiger partial charge on any atom is -0.496 e. The van der Waals surface area contributed by atoms with E-state index in [1.807, 2.05) is 0 Å². The van der Waals surface area contributed by atoms with Gasteiger partial charge in [0.1, 0.15) is 5.75 Å². The number of nitrogens with two attached hydrogens (primary N) is 1. The van der Waals surface area contributed by atoms with Crippen LogP contribution in [-0.4, -0.2) is 7.11 Å². The highest BCUT2D eigenvalue weighted by atomic mass is 32.1. The van der Waals surface area contributed by atoms with Crippen LogP contribution in [-0.2, 0) is 0 Å². The Bertz CT molecular complexity index is 525. The third-order valence-corrected chi connectivity index (χ3v) is 3.46. The molecular weight excluding hydrogens is 244 g/mol. The molecule has 0 aliphatic rings. The Morgan fingerprint density at radius 1 is 1.24 bits per heavy atom. The minimum atomic E-state index is -2.44. The van der Waals surface area contributed by atoms with E-state index in [0.29, 0.717) is 11.4 Å². The van der Waals surface area contributed by atoms with Crippen molar-refractivity contribution in [2.24, 2.45) is 0 Å². The SMILES string of the molecule is COc1ccc(N)cc1-c1ccc(C(F)F)s1. The van der Waals surface area contributed by atoms with Crippen molar-refractivity contribution in [3.8, 4) is 16.2 Å². The summed E-state index contributed by atoms with van der Waals surface area (Å²) >= 11 is 1.05. The van der Waals surface area contributed by atoms with Crippen LogP contribution in [0.1, 0.15) is 11.3 Å². The molecule has 5 heteroatoms. The highest BCUT2D eigenvalue weighted by Gasteiger charge is 2.13. The molecule has 90 valence electrons. The molecule has 0 spiro atoms. The van der Waals surface area contributed by atoms with Crippen molar-refractivity contribution in [1.29, 1.82) is 0 Å². The van der Waals surface area contributed by atoms with Crippen LogP contribution in [0.15, 0.2) is 30.3 Å². The largest absolute Gasteiger partial charge is 0.496 e. The number of anilines is 1. The fourth-order valence-electron chi connectivity index (χ4n) is 1.53. The molecule has 0 saturated heterocycles. The van der Waals surface area contributed by atoms with Crippen LogP contribution < -0.4 is 10.5 Å². The van der Waals surface area contributed by atoms with Gasteiger partial charge in [0.25, 0.3) is 6.43 Å². The Balaban J connectivity index is 2.47. The molecule has 0 fully saturated rings. The molecule has 2 rings (SSSR count). The second-order valence-corrected chi connectivity index (χ2v) is 4.58. The number of halogens is 2. The summed E-state index contributed by atoms with van der Waals surface area (Å²) < 4.78 is 30.2. The molecule has 0 saturated carbocycles. The van der Waals surface area contributed by atoms with Gasteiger partial charge in [-0.25, -0.2) is 8.78 Å². The molecule has 0 unspecified atom stereocenters. The molecule has 0 aliphatic carbocycles. The number of hydrogen-bond acceptors (Lipinski definition) is 3. The lowest BCUT2D eigenvalue weighted by Gasteiger charge is -2.07. The molecule has 1 aromatic carbocycles. The number of methoxy groups -OCH3 is 1. The molecule has 2 nitrogen and oxygen atoms in total. The van der Waals surface area contributed by atoms with Crippen molar-refractivity contribution >= 4 is 17.0 Å². The van der Waals surface area contributed by atoms with Crippen molar-refractivity contribution in [3.63, 3.8) is 0 Å². The standard InChI is InChI=1S/C12H11F2NOS/c1-16-9-3-2-7(15)6-8(9)10-4-5-11(17-10)12(13)14/h2-6,12H,15H2,1H3. The second-order valence-electron chi connectivity index (χ2n) is 3.46. The van der Waals surface area contributed by atoms with E-state index in [9.17, 15) is 8.78 Å². The summed E-state index contributed by atoms with van der Waals surface area (Å²) in [5, 5.41) is 0. The van der Waals surface area contributed by atoms with E-state index in [-0.39, 0.29) is 4.88 Å². The van der Waals surface area contributed by atoms with Gasteiger partial charge in [0.2, 0.25) is 0 Å². The molecule has 0 aliphatic heterocycles. The summed E-state index contributed by atoms with van der Waals surface area (Å²) in [6, 6.07) is 8.24. The zero-order valence-electron chi connectivity index (χ0n) is 9.11. The summed E-state index contributed by atoms with van der Waals surface area (Å²) in [5.74, 6) is 0.627. The van der Waals surface area contributed by atoms with E-state index < -0.39 is 6.43 Å². The van der Waals surface area contributed by atoms with E-state index in [1.165, 1.54) is 13.2 Å². The predicted molar refractivity (Wildman–Crippen MR) is 65.7 cm³/mol. The van der Waals surface area contributed by atoms with Crippen molar-refractivity contribution in [2.75, 3.05) is 12.8 Å². The van der Waals surface area contributed by atoms with Crippen LogP contribution in [0, 0.1) is 0 Å². The molecule has 1 aromatic heterocycles. The first-order valence-electron chi connectivity index (χ1n) is 4.93. The predicted octanol–water partition coefficient (Wildman–Crippen LogP) is 3.94. The highest BCUT2D eigenvalue weighted by Crippen LogP contribution is 2.38. The van der Waals surface area contributed by atoms with Crippen LogP contribution in [0.4, 0.5) is 14.5 Å². The molecule has 0 atom stereocenters. The topological polar surface area (TPSA) is 35.2 Å². The van der Waals surface area contributed by atoms with Gasteiger partial charge in [0, 0.05) is 16.1 Å². The van der Waals surface area contributed by atoms with E-state index >= 15 is 0 Å². The summed E-state index contributed by atoms with van der Waals surface area (Å²) in [7, 11) is 1.54. The van der Waals surface area contributed by atoms with Crippen molar-refractivity contribution < 1.29 is 13.5 Å². The Kier molecular flexibility index (Phi) is 3.28. The summed E-state index contributed by atoms with van der Waals surface area (Å²) in [6.45, 7) is 0. The molecule has 17 heavy (non-hydrogen) atoms. The first kappa shape index (κ1) is 11.9. The Morgan fingerprint density at radius 3 is 2.59 bits per heavy atom. The molecule has 0 bridgehead atoms. The lowest BCUT2D eigenvalue weighted by molar-refractivity contribution is 0.155. The lowest BCUT2D eigenvalue weighted by atomic mass is 10.1. The Labute approximate surface area is 102 Å². The van der Waals surface area contributed by atoms with Gasteiger partial charge in [-0.1, -0.05) is 0 Å². The van der Waals surface area contributed by atoms with E-state index in [1.54, 1.807) is 24.3 Å². The van der Waals surface area contributed by atoms with Crippen molar-refractivity contribution in [2.45, 2.75) is 6.43 Å². The maximum atomic E-state index is 12.5. The number of nitrogen functional groups attached to an aromatic ring is 1. The average Bonchev–Trinajstić information content (AvgIpc) is 2.78. The number of rotatable bonds is 3. The van der Waals surface area contributed by atoms with Crippen LogP contribution >= 0.6 is 11.3 Å². The zero-order chi connectivity index (χ0) is 12.4. The number of hydrogen-bond donors (Lipinski definition) is 1. The normalized spacial score (nSPS) is 10.8. The Morgan fingerprint density at radius 2 is 2.00 bits per heavy atom. The van der Waals surface area contributed by atoms with Crippen molar-refractivity contribution in [1.82, 2.24) is 0 Å². The zero-order valence-corrected chi connectivity index (χ0v) is 9.93. The fourth-order valence-corrected chi connectivity index (χ4v) is 2.42. The number of thiophene rings is 1. The lowest BCUT2D eigenvalue weighted by Crippen LogP contribution is -1.89. The van der Waals surface area contributed by atoms with Gasteiger partial charge in [-0.3, -0.25) is 0 Å². The number of benzene rings is 1. The first-order chi connectivity index (χ1) is 8.11. The molecule has 1 heterocycles. The monoisotopic (exact) mass is 255 g/mol. The Hall–Kier alpha value is -1.62. The summed E-state index contributed by atoms with van der Waals surface area (Å²) in [6.07, 6.45) is -2.44. The van der Waals surface area contributed by atoms with Crippen LogP contribution in [0.2, 0.25) is 0 Å². The smallest absolute Gasteiger partial charge is 0.272 e. The highest BCUT2D eigenvalue weighted by molar-refractivity contribution is 7.15. The molecule has 0 radical (unpaired) electrons. The van der Waals surface area contributed by atoms with Crippen LogP contribution in [0.5, 0.6) is 5.75 Å². The van der Waals surface area contributed by atoms with Gasteiger partial charge in [-0.05, 0) is 30.3 Å². The van der Waals surface area contributed by atoms with E-state index in [4.69, 9.17) is 10.5 Å². The van der Waals surface area contributed by atoms with Crippen molar-refractivity contribution in [3.05, 3.63) is 35.2 Å². The second kappa shape index (κ2) is 4.71. The third kappa shape index (κ3) is 2.39. The molecule has 2 N–H and O–H groups in total. The van der Waals surface area contributed by atoms with Gasteiger partial charge in [-0.2, -0.15) is 0 Å². The average molecular weight is 255 g/mol. The van der Waals surface area contributed by atoms with Gasteiger partial charge in [-0.15, -0.1) is 11.3 Å². The van der Waals surface area contributed by atoms with Gasteiger partial charge >= 0.3 is 0 Å². The molecule has 2 aromatic rings. The number of alkyl halides is 2. The van der Waals surface area contributed by atoms with Gasteiger partial charge < -0.3 is 10.5 Å². The first-order valence-corrected chi connectivity index (χ1v) is 5.75. The van der Waals surface area contributed by atoms with Gasteiger partial charge in [0.15, 0.2) is 0 Å². The van der Waals surface area contributed by atoms with Crippen LogP contribution in [0.3, 0.4) is 0 Å².